The van der Waals surface area contributed by atoms with Crippen molar-refractivity contribution < 1.29 is 19.0 Å². The molecule has 1 fully saturated rings. The number of aliphatic carboxylic acids is 1. The van der Waals surface area contributed by atoms with Crippen LogP contribution in [0.4, 0.5) is 21.8 Å². The van der Waals surface area contributed by atoms with E-state index in [0.717, 1.165) is 5.56 Å². The van der Waals surface area contributed by atoms with Gasteiger partial charge in [0, 0.05) is 12.2 Å². The fourth-order valence-electron chi connectivity index (χ4n) is 5.09. The molecule has 0 unspecified atom stereocenters. The van der Waals surface area contributed by atoms with Gasteiger partial charge in [0.2, 0.25) is 5.95 Å². The summed E-state index contributed by atoms with van der Waals surface area (Å²) in [5.74, 6) is 0.000737. The van der Waals surface area contributed by atoms with E-state index in [1.165, 1.54) is 60.7 Å². The first-order valence-electron chi connectivity index (χ1n) is 14.1. The van der Waals surface area contributed by atoms with Gasteiger partial charge in [0.15, 0.2) is 17.0 Å². The number of hydrogen-bond acceptors (Lipinski definition) is 7. The fourth-order valence-corrected chi connectivity index (χ4v) is 5.09. The molecule has 2 heterocycles. The predicted octanol–water partition coefficient (Wildman–Crippen LogP) is 6.62. The summed E-state index contributed by atoms with van der Waals surface area (Å²) >= 11 is 0. The minimum atomic E-state index is -1.01. The Morgan fingerprint density at radius 3 is 2.44 bits per heavy atom. The molecule has 4 aromatic rings. The molecule has 0 radical (unpaired) electrons. The average Bonchev–Trinajstić information content (AvgIpc) is 3.35. The van der Waals surface area contributed by atoms with Gasteiger partial charge in [-0.05, 0) is 74.9 Å². The van der Waals surface area contributed by atoms with Gasteiger partial charge in [-0.15, -0.1) is 0 Å². The van der Waals surface area contributed by atoms with E-state index in [1.54, 1.807) is 12.1 Å². The van der Waals surface area contributed by atoms with Gasteiger partial charge in [-0.1, -0.05) is 43.5 Å². The summed E-state index contributed by atoms with van der Waals surface area (Å²) < 4.78 is 21.2. The fraction of sp³-hybridized carbons (Fsp3) is 0.419. The number of anilines is 3. The third-order valence-corrected chi connectivity index (χ3v) is 7.23. The first-order valence-corrected chi connectivity index (χ1v) is 14.1. The number of carboxylic acids is 1. The van der Waals surface area contributed by atoms with Gasteiger partial charge in [-0.3, -0.25) is 4.79 Å². The molecule has 1 aliphatic rings. The second-order valence-electron chi connectivity index (χ2n) is 11.6. The Balaban J connectivity index is 1.51. The van der Waals surface area contributed by atoms with E-state index in [9.17, 15) is 14.3 Å². The lowest BCUT2D eigenvalue weighted by Gasteiger charge is -2.28. The number of nitrogens with zero attached hydrogens (tertiary/aromatic N) is 5. The third-order valence-electron chi connectivity index (χ3n) is 7.23. The minimum Gasteiger partial charge on any atom is -0.480 e. The van der Waals surface area contributed by atoms with Gasteiger partial charge in [0.25, 0.3) is 0 Å². The molecule has 2 N–H and O–H groups in total. The van der Waals surface area contributed by atoms with Crippen LogP contribution in [-0.2, 0) is 22.6 Å². The summed E-state index contributed by atoms with van der Waals surface area (Å²) in [5.41, 5.74) is 3.45. The van der Waals surface area contributed by atoms with Crippen LogP contribution in [0.2, 0.25) is 0 Å². The maximum absolute atomic E-state index is 13.5. The van der Waals surface area contributed by atoms with Crippen LogP contribution in [0.15, 0.2) is 54.9 Å². The number of fused-ring (bicyclic) bond motifs is 1. The van der Waals surface area contributed by atoms with Crippen molar-refractivity contribution >= 4 is 34.6 Å². The normalized spacial score (nSPS) is 14.3. The number of nitrogens with one attached hydrogen (secondary N) is 1. The van der Waals surface area contributed by atoms with Crippen molar-refractivity contribution in [3.05, 3.63) is 71.8 Å². The number of benzene rings is 2. The van der Waals surface area contributed by atoms with Crippen LogP contribution in [0.5, 0.6) is 0 Å². The number of ether oxygens (including phenoxy) is 1. The highest BCUT2D eigenvalue weighted by Crippen LogP contribution is 2.33. The summed E-state index contributed by atoms with van der Waals surface area (Å²) in [4.78, 5) is 27.5. The second-order valence-corrected chi connectivity index (χ2v) is 11.6. The molecule has 9 nitrogen and oxygen atoms in total. The molecule has 1 aliphatic carbocycles. The molecule has 0 saturated heterocycles. The van der Waals surface area contributed by atoms with Crippen LogP contribution in [0, 0.1) is 5.82 Å². The smallest absolute Gasteiger partial charge is 0.323 e. The summed E-state index contributed by atoms with van der Waals surface area (Å²) in [5, 5.41) is 12.7. The molecule has 0 aliphatic heterocycles. The van der Waals surface area contributed by atoms with E-state index in [-0.39, 0.29) is 19.1 Å². The standard InChI is InChI=1S/C31H37FN6O3/c1-31(2,3)41-20-38(17-21-9-11-23(12-10-21)22-7-5-4-6-8-22)30-35-28(34-25-15-13-24(32)14-16-25)27-29(36-30)37(19-33-27)18-26(39)40/h9-16,19,22H,4-8,17-18,20H2,1-3H3,(H,39,40)(H,34,35,36). The Labute approximate surface area is 239 Å². The largest absolute Gasteiger partial charge is 0.480 e. The van der Waals surface area contributed by atoms with E-state index in [2.05, 4.69) is 34.6 Å². The molecule has 2 aromatic carbocycles. The van der Waals surface area contributed by atoms with Crippen molar-refractivity contribution in [1.82, 2.24) is 19.5 Å². The maximum atomic E-state index is 13.5. The summed E-state index contributed by atoms with van der Waals surface area (Å²) in [6, 6.07) is 14.7. The lowest BCUT2D eigenvalue weighted by atomic mass is 9.84. The van der Waals surface area contributed by atoms with Crippen molar-refractivity contribution in [3.63, 3.8) is 0 Å². The molecule has 0 atom stereocenters. The Bertz CT molecular complexity index is 1480. The zero-order valence-corrected chi connectivity index (χ0v) is 23.8. The van der Waals surface area contributed by atoms with Crippen molar-refractivity contribution in [3.8, 4) is 0 Å². The molecular formula is C31H37FN6O3. The highest BCUT2D eigenvalue weighted by molar-refractivity contribution is 5.87. The number of hydrogen-bond donors (Lipinski definition) is 2. The summed E-state index contributed by atoms with van der Waals surface area (Å²) in [6.45, 7) is 6.34. The van der Waals surface area contributed by atoms with Gasteiger partial charge < -0.3 is 24.6 Å². The zero-order chi connectivity index (χ0) is 29.0. The first-order chi connectivity index (χ1) is 19.6. The Hall–Kier alpha value is -4.05. The van der Waals surface area contributed by atoms with Gasteiger partial charge in [0.05, 0.1) is 11.9 Å². The molecular weight excluding hydrogens is 523 g/mol. The zero-order valence-electron chi connectivity index (χ0n) is 23.8. The Kier molecular flexibility index (Phi) is 8.49. The molecule has 2 aromatic heterocycles. The van der Waals surface area contributed by atoms with Crippen molar-refractivity contribution in [2.75, 3.05) is 16.9 Å². The molecule has 10 heteroatoms. The average molecular weight is 561 g/mol. The van der Waals surface area contributed by atoms with E-state index >= 15 is 0 Å². The number of carboxylic acid groups (broad SMARTS) is 1. The quantitative estimate of drug-likeness (QED) is 0.209. The van der Waals surface area contributed by atoms with Crippen molar-refractivity contribution in [1.29, 1.82) is 0 Å². The molecule has 0 bridgehead atoms. The van der Waals surface area contributed by atoms with Gasteiger partial charge >= 0.3 is 5.97 Å². The minimum absolute atomic E-state index is 0.211. The van der Waals surface area contributed by atoms with Crippen LogP contribution >= 0.6 is 0 Å². The van der Waals surface area contributed by atoms with Crippen LogP contribution in [-0.4, -0.2) is 42.9 Å². The number of imidazole rings is 1. The number of halogens is 1. The monoisotopic (exact) mass is 560 g/mol. The predicted molar refractivity (Wildman–Crippen MR) is 157 cm³/mol. The van der Waals surface area contributed by atoms with E-state index < -0.39 is 11.6 Å². The van der Waals surface area contributed by atoms with E-state index in [4.69, 9.17) is 14.7 Å². The van der Waals surface area contributed by atoms with Crippen LogP contribution in [0.1, 0.15) is 69.9 Å². The lowest BCUT2D eigenvalue weighted by Crippen LogP contribution is -2.33. The van der Waals surface area contributed by atoms with Crippen molar-refractivity contribution in [2.45, 2.75) is 77.5 Å². The first kappa shape index (κ1) is 28.5. The second kappa shape index (κ2) is 12.2. The maximum Gasteiger partial charge on any atom is 0.323 e. The Morgan fingerprint density at radius 2 is 1.78 bits per heavy atom. The van der Waals surface area contributed by atoms with Gasteiger partial charge in [-0.25, -0.2) is 9.37 Å². The third kappa shape index (κ3) is 7.38. The SMILES string of the molecule is CC(C)(C)OCN(Cc1ccc(C2CCCCC2)cc1)c1nc(Nc2ccc(F)cc2)c2ncn(CC(=O)O)c2n1. The van der Waals surface area contributed by atoms with Crippen LogP contribution in [0.3, 0.4) is 0 Å². The molecule has 1 saturated carbocycles. The molecule has 0 spiro atoms. The van der Waals surface area contributed by atoms with Gasteiger partial charge in [-0.2, -0.15) is 9.97 Å². The highest BCUT2D eigenvalue weighted by atomic mass is 19.1. The van der Waals surface area contributed by atoms with Crippen LogP contribution < -0.4 is 10.2 Å². The molecule has 5 rings (SSSR count). The topological polar surface area (TPSA) is 105 Å². The molecule has 0 amide bonds. The molecule has 216 valence electrons. The Morgan fingerprint density at radius 1 is 1.07 bits per heavy atom. The summed E-state index contributed by atoms with van der Waals surface area (Å²) in [7, 11) is 0. The van der Waals surface area contributed by atoms with Crippen molar-refractivity contribution in [2.24, 2.45) is 0 Å². The van der Waals surface area contributed by atoms with E-state index in [0.29, 0.717) is 41.1 Å². The van der Waals surface area contributed by atoms with E-state index in [1.807, 2.05) is 25.7 Å². The molecule has 41 heavy (non-hydrogen) atoms. The lowest BCUT2D eigenvalue weighted by molar-refractivity contribution is -0.137. The number of aromatic nitrogens is 4. The van der Waals surface area contributed by atoms with Gasteiger partial charge in [0.1, 0.15) is 19.1 Å². The highest BCUT2D eigenvalue weighted by Gasteiger charge is 2.22. The number of rotatable bonds is 10. The number of carbonyl (C=O) groups is 1. The van der Waals surface area contributed by atoms with Crippen LogP contribution in [0.25, 0.3) is 11.2 Å². The summed E-state index contributed by atoms with van der Waals surface area (Å²) in [6.07, 6.45) is 7.82.